The van der Waals surface area contributed by atoms with Crippen LogP contribution in [-0.2, 0) is 13.2 Å². The predicted molar refractivity (Wildman–Crippen MR) is 65.2 cm³/mol. The second-order valence-corrected chi connectivity index (χ2v) is 4.68. The number of aliphatic hydroxyl groups is 1. The van der Waals surface area contributed by atoms with Crippen molar-refractivity contribution in [3.05, 3.63) is 29.5 Å². The Labute approximate surface area is 95.7 Å². The fraction of sp³-hybridized carbons (Fsp3) is 0.462. The number of aliphatic hydroxyl groups excluding tert-OH is 1. The number of hydrogen-bond donors (Lipinski definition) is 1. The topological polar surface area (TPSA) is 38.1 Å². The number of aryl methyl sites for hydroxylation is 1. The minimum atomic E-state index is 0.0736. The van der Waals surface area contributed by atoms with Crippen LogP contribution in [0.2, 0.25) is 0 Å². The van der Waals surface area contributed by atoms with Crippen LogP contribution in [0.5, 0.6) is 0 Å². The summed E-state index contributed by atoms with van der Waals surface area (Å²) in [6.45, 7) is 7.43. The number of benzene rings is 1. The average molecular weight is 218 g/mol. The predicted octanol–water partition coefficient (Wildman–Crippen LogP) is 2.49. The van der Waals surface area contributed by atoms with Crippen molar-refractivity contribution in [3.63, 3.8) is 0 Å². The molecule has 0 fully saturated rings. The normalized spacial score (nSPS) is 11.6. The van der Waals surface area contributed by atoms with E-state index in [2.05, 4.69) is 25.9 Å². The van der Waals surface area contributed by atoms with Gasteiger partial charge in [-0.05, 0) is 24.0 Å². The van der Waals surface area contributed by atoms with Gasteiger partial charge in [0.25, 0.3) is 0 Å². The van der Waals surface area contributed by atoms with E-state index in [-0.39, 0.29) is 6.61 Å². The molecule has 0 aliphatic heterocycles. The summed E-state index contributed by atoms with van der Waals surface area (Å²) in [6.07, 6.45) is 1.86. The molecule has 3 heteroatoms. The lowest BCUT2D eigenvalue weighted by Gasteiger charge is -2.09. The van der Waals surface area contributed by atoms with Crippen LogP contribution in [0.25, 0.3) is 10.9 Å². The molecule has 2 rings (SSSR count). The molecule has 0 unspecified atom stereocenters. The fourth-order valence-corrected chi connectivity index (χ4v) is 2.05. The number of rotatable bonds is 3. The molecule has 0 aliphatic rings. The summed E-state index contributed by atoms with van der Waals surface area (Å²) in [6, 6.07) is 4.02. The zero-order valence-corrected chi connectivity index (χ0v) is 10.1. The molecule has 2 aromatic rings. The quantitative estimate of drug-likeness (QED) is 0.859. The fourth-order valence-electron chi connectivity index (χ4n) is 2.05. The van der Waals surface area contributed by atoms with Crippen molar-refractivity contribution in [3.8, 4) is 0 Å². The van der Waals surface area contributed by atoms with Crippen molar-refractivity contribution in [2.75, 3.05) is 0 Å². The maximum absolute atomic E-state index is 9.28. The van der Waals surface area contributed by atoms with Gasteiger partial charge in [0.05, 0.1) is 18.3 Å². The van der Waals surface area contributed by atoms with Gasteiger partial charge in [-0.25, -0.2) is 0 Å². The lowest BCUT2D eigenvalue weighted by molar-refractivity contribution is 0.283. The second-order valence-electron chi connectivity index (χ2n) is 4.68. The first kappa shape index (κ1) is 11.1. The van der Waals surface area contributed by atoms with Crippen LogP contribution in [0.4, 0.5) is 0 Å². The van der Waals surface area contributed by atoms with Crippen molar-refractivity contribution in [2.24, 2.45) is 5.92 Å². The maximum atomic E-state index is 9.28. The highest BCUT2D eigenvalue weighted by Gasteiger charge is 2.10. The van der Waals surface area contributed by atoms with E-state index in [1.807, 2.05) is 23.0 Å². The molecule has 16 heavy (non-hydrogen) atoms. The summed E-state index contributed by atoms with van der Waals surface area (Å²) in [7, 11) is 0. The largest absolute Gasteiger partial charge is 0.392 e. The van der Waals surface area contributed by atoms with E-state index in [0.29, 0.717) is 5.92 Å². The van der Waals surface area contributed by atoms with Gasteiger partial charge in [-0.15, -0.1) is 0 Å². The van der Waals surface area contributed by atoms with E-state index >= 15 is 0 Å². The molecule has 1 aromatic carbocycles. The molecule has 3 nitrogen and oxygen atoms in total. The minimum absolute atomic E-state index is 0.0736. The molecule has 0 radical (unpaired) electrons. The molecule has 86 valence electrons. The second kappa shape index (κ2) is 4.26. The van der Waals surface area contributed by atoms with Crippen LogP contribution in [0.3, 0.4) is 0 Å². The molecule has 1 heterocycles. The summed E-state index contributed by atoms with van der Waals surface area (Å²) in [5.41, 5.74) is 3.32. The molecule has 1 aromatic heterocycles. The van der Waals surface area contributed by atoms with Gasteiger partial charge in [-0.2, -0.15) is 5.10 Å². The van der Waals surface area contributed by atoms with Crippen LogP contribution in [-0.4, -0.2) is 14.9 Å². The first-order valence-corrected chi connectivity index (χ1v) is 5.68. The van der Waals surface area contributed by atoms with Crippen molar-refractivity contribution in [1.82, 2.24) is 9.78 Å². The van der Waals surface area contributed by atoms with Gasteiger partial charge >= 0.3 is 0 Å². The maximum Gasteiger partial charge on any atom is 0.0715 e. The van der Waals surface area contributed by atoms with Crippen molar-refractivity contribution in [2.45, 2.75) is 33.9 Å². The van der Waals surface area contributed by atoms with Gasteiger partial charge < -0.3 is 5.11 Å². The Hall–Kier alpha value is -1.35. The first-order valence-electron chi connectivity index (χ1n) is 5.68. The minimum Gasteiger partial charge on any atom is -0.392 e. The number of fused-ring (bicyclic) bond motifs is 1. The molecule has 0 atom stereocenters. The highest BCUT2D eigenvalue weighted by molar-refractivity contribution is 5.85. The molecular formula is C13H18N2O. The highest BCUT2D eigenvalue weighted by atomic mass is 16.3. The Morgan fingerprint density at radius 3 is 2.75 bits per heavy atom. The molecule has 0 spiro atoms. The van der Waals surface area contributed by atoms with Crippen LogP contribution < -0.4 is 0 Å². The highest BCUT2D eigenvalue weighted by Crippen LogP contribution is 2.23. The lowest BCUT2D eigenvalue weighted by atomic mass is 10.1. The molecule has 0 aliphatic carbocycles. The number of nitrogens with zero attached hydrogens (tertiary/aromatic N) is 2. The smallest absolute Gasteiger partial charge is 0.0715 e. The Morgan fingerprint density at radius 1 is 1.38 bits per heavy atom. The summed E-state index contributed by atoms with van der Waals surface area (Å²) >= 11 is 0. The van der Waals surface area contributed by atoms with Crippen LogP contribution in [0.15, 0.2) is 18.3 Å². The zero-order chi connectivity index (χ0) is 11.7. The third-order valence-corrected chi connectivity index (χ3v) is 2.80. The van der Waals surface area contributed by atoms with Gasteiger partial charge in [-0.1, -0.05) is 26.0 Å². The third-order valence-electron chi connectivity index (χ3n) is 2.80. The van der Waals surface area contributed by atoms with Gasteiger partial charge in [0.15, 0.2) is 0 Å². The van der Waals surface area contributed by atoms with Gasteiger partial charge in [0.1, 0.15) is 0 Å². The van der Waals surface area contributed by atoms with Crippen molar-refractivity contribution in [1.29, 1.82) is 0 Å². The van der Waals surface area contributed by atoms with Gasteiger partial charge in [0, 0.05) is 11.9 Å². The molecule has 0 amide bonds. The van der Waals surface area contributed by atoms with Crippen molar-refractivity contribution >= 4 is 10.9 Å². The SMILES string of the molecule is Cc1ccc(CO)c2cnn(CC(C)C)c12. The number of hydrogen-bond acceptors (Lipinski definition) is 2. The van der Waals surface area contributed by atoms with Crippen LogP contribution >= 0.6 is 0 Å². The molecular weight excluding hydrogens is 200 g/mol. The zero-order valence-electron chi connectivity index (χ0n) is 10.1. The molecule has 0 saturated carbocycles. The van der Waals surface area contributed by atoms with Gasteiger partial charge in [0.2, 0.25) is 0 Å². The van der Waals surface area contributed by atoms with Crippen molar-refractivity contribution < 1.29 is 5.11 Å². The van der Waals surface area contributed by atoms with E-state index in [1.165, 1.54) is 5.56 Å². The Morgan fingerprint density at radius 2 is 2.12 bits per heavy atom. The van der Waals surface area contributed by atoms with E-state index in [4.69, 9.17) is 0 Å². The van der Waals surface area contributed by atoms with E-state index < -0.39 is 0 Å². The standard InChI is InChI=1S/C13H18N2O/c1-9(2)7-15-13-10(3)4-5-11(8-16)12(13)6-14-15/h4-6,9,16H,7-8H2,1-3H3. The molecule has 1 N–H and O–H groups in total. The third kappa shape index (κ3) is 1.83. The van der Waals surface area contributed by atoms with E-state index in [0.717, 1.165) is 23.0 Å². The average Bonchev–Trinajstić information content (AvgIpc) is 2.63. The van der Waals surface area contributed by atoms with E-state index in [9.17, 15) is 5.11 Å². The van der Waals surface area contributed by atoms with Gasteiger partial charge in [-0.3, -0.25) is 4.68 Å². The Bertz CT molecular complexity index is 500. The van der Waals surface area contributed by atoms with E-state index in [1.54, 1.807) is 0 Å². The summed E-state index contributed by atoms with van der Waals surface area (Å²) < 4.78 is 2.04. The van der Waals surface area contributed by atoms with Crippen LogP contribution in [0, 0.1) is 12.8 Å². The summed E-state index contributed by atoms with van der Waals surface area (Å²) in [4.78, 5) is 0. The summed E-state index contributed by atoms with van der Waals surface area (Å²) in [5, 5.41) is 14.8. The Balaban J connectivity index is 2.61. The van der Waals surface area contributed by atoms with Crippen LogP contribution in [0.1, 0.15) is 25.0 Å². The lowest BCUT2D eigenvalue weighted by Crippen LogP contribution is -2.06. The molecule has 0 saturated heterocycles. The Kier molecular flexibility index (Phi) is 2.97. The monoisotopic (exact) mass is 218 g/mol. The molecule has 0 bridgehead atoms. The number of aromatic nitrogens is 2. The first-order chi connectivity index (χ1) is 7.63. The summed E-state index contributed by atoms with van der Waals surface area (Å²) in [5.74, 6) is 0.570.